The highest BCUT2D eigenvalue weighted by Crippen LogP contribution is 2.16. The summed E-state index contributed by atoms with van der Waals surface area (Å²) < 4.78 is 1.40. The van der Waals surface area contributed by atoms with Crippen LogP contribution in [0.2, 0.25) is 0 Å². The number of quaternary nitrogens is 1. The van der Waals surface area contributed by atoms with Crippen LogP contribution in [0.25, 0.3) is 0 Å². The molecule has 0 radical (unpaired) electrons. The quantitative estimate of drug-likeness (QED) is 0.141. The molecule has 1 heteroatoms. The summed E-state index contributed by atoms with van der Waals surface area (Å²) in [6.45, 7) is 15.0. The normalized spacial score (nSPS) is 12.0. The van der Waals surface area contributed by atoms with Crippen LogP contribution >= 0.6 is 0 Å². The van der Waals surface area contributed by atoms with Gasteiger partial charge in [-0.1, -0.05) is 105 Å². The smallest absolute Gasteiger partial charge is 0.0786 e. The van der Waals surface area contributed by atoms with Gasteiger partial charge in [0.25, 0.3) is 0 Å². The lowest BCUT2D eigenvalue weighted by Gasteiger charge is -2.38. The summed E-state index contributed by atoms with van der Waals surface area (Å²) in [6, 6.07) is 0. The summed E-state index contributed by atoms with van der Waals surface area (Å²) in [5.74, 6) is 0. The Hall–Kier alpha value is -0.0400. The topological polar surface area (TPSA) is 0 Å². The lowest BCUT2D eigenvalue weighted by Crippen LogP contribution is -2.50. The molecule has 0 spiro atoms. The zero-order valence-electron chi connectivity index (χ0n) is 19.3. The van der Waals surface area contributed by atoms with Gasteiger partial charge in [0.05, 0.1) is 26.2 Å². The van der Waals surface area contributed by atoms with Crippen LogP contribution < -0.4 is 0 Å². The molecule has 158 valence electrons. The molecule has 0 saturated heterocycles. The lowest BCUT2D eigenvalue weighted by atomic mass is 10.0. The van der Waals surface area contributed by atoms with Crippen LogP contribution in [0.1, 0.15) is 137 Å². The summed E-state index contributed by atoms with van der Waals surface area (Å²) >= 11 is 0. The molecule has 0 amide bonds. The minimum absolute atomic E-state index is 1.35. The van der Waals surface area contributed by atoms with Crippen molar-refractivity contribution in [2.24, 2.45) is 0 Å². The average molecular weight is 369 g/mol. The third-order valence-electron chi connectivity index (χ3n) is 6.08. The van der Waals surface area contributed by atoms with Gasteiger partial charge in [-0.15, -0.1) is 0 Å². The van der Waals surface area contributed by atoms with Gasteiger partial charge in [0.1, 0.15) is 0 Å². The molecule has 1 nitrogen and oxygen atoms in total. The van der Waals surface area contributed by atoms with Crippen molar-refractivity contribution in [2.75, 3.05) is 26.2 Å². The van der Waals surface area contributed by atoms with E-state index in [9.17, 15) is 0 Å². The molecule has 0 saturated carbocycles. The van der Waals surface area contributed by atoms with Crippen molar-refractivity contribution < 1.29 is 4.48 Å². The highest BCUT2D eigenvalue weighted by molar-refractivity contribution is 4.51. The van der Waals surface area contributed by atoms with Gasteiger partial charge in [0, 0.05) is 0 Å². The van der Waals surface area contributed by atoms with Crippen LogP contribution in [-0.4, -0.2) is 30.7 Å². The van der Waals surface area contributed by atoms with E-state index in [1.165, 1.54) is 140 Å². The monoisotopic (exact) mass is 368 g/mol. The van der Waals surface area contributed by atoms with Crippen molar-refractivity contribution >= 4 is 0 Å². The summed E-state index contributed by atoms with van der Waals surface area (Å²) in [4.78, 5) is 0. The van der Waals surface area contributed by atoms with Gasteiger partial charge in [0.15, 0.2) is 0 Å². The van der Waals surface area contributed by atoms with E-state index in [1.54, 1.807) is 0 Å². The Bertz CT molecular complexity index is 244. The number of unbranched alkanes of at least 4 members (excludes halogenated alkanes) is 13. The van der Waals surface area contributed by atoms with Crippen molar-refractivity contribution in [3.63, 3.8) is 0 Å². The molecule has 26 heavy (non-hydrogen) atoms. The van der Waals surface area contributed by atoms with Gasteiger partial charge in [-0.05, 0) is 32.1 Å². The number of hydrogen-bond donors (Lipinski definition) is 0. The number of nitrogens with zero attached hydrogens (tertiary/aromatic N) is 1. The molecule has 0 aromatic heterocycles. The second-order valence-electron chi connectivity index (χ2n) is 8.83. The predicted octanol–water partition coefficient (Wildman–Crippen LogP) is 8.51. The van der Waals surface area contributed by atoms with E-state index >= 15 is 0 Å². The minimum atomic E-state index is 1.35. The molecule has 0 unspecified atom stereocenters. The van der Waals surface area contributed by atoms with Crippen LogP contribution in [0.15, 0.2) is 0 Å². The minimum Gasteiger partial charge on any atom is -0.324 e. The zero-order chi connectivity index (χ0) is 19.3. The molecule has 0 aromatic carbocycles. The van der Waals surface area contributed by atoms with Gasteiger partial charge in [-0.3, -0.25) is 0 Å². The van der Waals surface area contributed by atoms with Gasteiger partial charge < -0.3 is 4.48 Å². The second-order valence-corrected chi connectivity index (χ2v) is 8.83. The Balaban J connectivity index is 3.52. The Kier molecular flexibility index (Phi) is 19.7. The first-order valence-electron chi connectivity index (χ1n) is 12.6. The number of rotatable bonds is 21. The Morgan fingerprint density at radius 2 is 0.615 bits per heavy atom. The fourth-order valence-electron chi connectivity index (χ4n) is 4.74. The Morgan fingerprint density at radius 1 is 0.308 bits per heavy atom. The maximum absolute atomic E-state index is 2.36. The zero-order valence-corrected chi connectivity index (χ0v) is 19.3. The van der Waals surface area contributed by atoms with Crippen molar-refractivity contribution in [3.8, 4) is 0 Å². The van der Waals surface area contributed by atoms with Crippen LogP contribution in [0, 0.1) is 0 Å². The first-order chi connectivity index (χ1) is 12.7. The predicted molar refractivity (Wildman–Crippen MR) is 121 cm³/mol. The standard InChI is InChI=1S/C25H54N/c1-5-9-10-11-12-13-14-15-16-17-18-19-20-21-25-26(22-6-2,23-7-3)24-8-4/h5-25H2,1-4H3/q+1. The fourth-order valence-corrected chi connectivity index (χ4v) is 4.74. The van der Waals surface area contributed by atoms with Crippen molar-refractivity contribution in [3.05, 3.63) is 0 Å². The average Bonchev–Trinajstić information content (AvgIpc) is 2.63. The van der Waals surface area contributed by atoms with Crippen molar-refractivity contribution in [2.45, 2.75) is 137 Å². The molecule has 0 heterocycles. The summed E-state index contributed by atoms with van der Waals surface area (Å²) in [5.41, 5.74) is 0. The van der Waals surface area contributed by atoms with Gasteiger partial charge >= 0.3 is 0 Å². The molecule has 0 atom stereocenters. The second kappa shape index (κ2) is 19.7. The molecule has 0 rings (SSSR count). The van der Waals surface area contributed by atoms with Gasteiger partial charge in [-0.2, -0.15) is 0 Å². The van der Waals surface area contributed by atoms with E-state index in [0.717, 1.165) is 0 Å². The highest BCUT2D eigenvalue weighted by atomic mass is 15.3. The third-order valence-corrected chi connectivity index (χ3v) is 6.08. The van der Waals surface area contributed by atoms with Crippen LogP contribution in [0.5, 0.6) is 0 Å². The van der Waals surface area contributed by atoms with E-state index in [-0.39, 0.29) is 0 Å². The highest BCUT2D eigenvalue weighted by Gasteiger charge is 2.23. The molecule has 0 N–H and O–H groups in total. The third kappa shape index (κ3) is 15.1. The molecular formula is C25H54N+. The van der Waals surface area contributed by atoms with Crippen LogP contribution in [-0.2, 0) is 0 Å². The van der Waals surface area contributed by atoms with Crippen LogP contribution in [0.3, 0.4) is 0 Å². The van der Waals surface area contributed by atoms with Gasteiger partial charge in [0.2, 0.25) is 0 Å². The molecular weight excluding hydrogens is 314 g/mol. The molecule has 0 aliphatic carbocycles. The van der Waals surface area contributed by atoms with E-state index in [0.29, 0.717) is 0 Å². The Morgan fingerprint density at radius 3 is 0.923 bits per heavy atom. The molecule has 0 bridgehead atoms. The number of hydrogen-bond acceptors (Lipinski definition) is 0. The van der Waals surface area contributed by atoms with Crippen LogP contribution in [0.4, 0.5) is 0 Å². The first-order valence-corrected chi connectivity index (χ1v) is 12.6. The maximum atomic E-state index is 2.36. The summed E-state index contributed by atoms with van der Waals surface area (Å²) in [6.07, 6.45) is 24.6. The SMILES string of the molecule is CCCCCCCCCCCCCCCC[N+](CCC)(CCC)CCC. The first kappa shape index (κ1) is 26.0. The largest absolute Gasteiger partial charge is 0.324 e. The van der Waals surface area contributed by atoms with E-state index in [2.05, 4.69) is 27.7 Å². The van der Waals surface area contributed by atoms with Crippen molar-refractivity contribution in [1.29, 1.82) is 0 Å². The molecule has 0 aromatic rings. The molecule has 0 aliphatic heterocycles. The van der Waals surface area contributed by atoms with E-state index in [1.807, 2.05) is 0 Å². The van der Waals surface area contributed by atoms with E-state index < -0.39 is 0 Å². The summed E-state index contributed by atoms with van der Waals surface area (Å²) in [7, 11) is 0. The van der Waals surface area contributed by atoms with Crippen molar-refractivity contribution in [1.82, 2.24) is 0 Å². The lowest BCUT2D eigenvalue weighted by molar-refractivity contribution is -0.928. The van der Waals surface area contributed by atoms with E-state index in [4.69, 9.17) is 0 Å². The molecule has 0 fully saturated rings. The maximum Gasteiger partial charge on any atom is 0.0786 e. The molecule has 0 aliphatic rings. The fraction of sp³-hybridized carbons (Fsp3) is 1.00. The van der Waals surface area contributed by atoms with Gasteiger partial charge in [-0.25, -0.2) is 0 Å². The summed E-state index contributed by atoms with van der Waals surface area (Å²) in [5, 5.41) is 0. The Labute approximate surface area is 167 Å².